The van der Waals surface area contributed by atoms with Crippen molar-refractivity contribution >= 4 is 37.9 Å². The topological polar surface area (TPSA) is 145 Å². The molecule has 0 radical (unpaired) electrons. The number of carbonyl (C=O) groups is 5. The van der Waals surface area contributed by atoms with Gasteiger partial charge in [0.25, 0.3) is 0 Å². The van der Waals surface area contributed by atoms with Gasteiger partial charge in [0.05, 0.1) is 19.7 Å². The quantitative estimate of drug-likeness (QED) is 0.187. The molecule has 0 aromatic heterocycles. The third kappa shape index (κ3) is 10.6. The molecule has 0 unspecified atom stereocenters. The first kappa shape index (κ1) is 40.8. The molecule has 1 aliphatic heterocycles. The fraction of sp³-hybridized carbons (Fsp3) is 0.419. The van der Waals surface area contributed by atoms with Crippen LogP contribution in [-0.2, 0) is 32.0 Å². The highest BCUT2D eigenvalue weighted by Crippen LogP contribution is 2.32. The maximum atomic E-state index is 14.7. The summed E-state index contributed by atoms with van der Waals surface area (Å²) < 4.78 is 5.48. The fourth-order valence-corrected chi connectivity index (χ4v) is 9.95. The van der Waals surface area contributed by atoms with Crippen molar-refractivity contribution in [2.75, 3.05) is 13.2 Å². The molecule has 55 heavy (non-hydrogen) atoms. The van der Waals surface area contributed by atoms with E-state index in [0.717, 1.165) is 30.4 Å². The zero-order chi connectivity index (χ0) is 40.1. The molecular formula is C43H52N4O7Si. The smallest absolute Gasteiger partial charge is 0.410 e. The molecule has 3 N–H and O–H groups in total. The predicted molar refractivity (Wildman–Crippen MR) is 213 cm³/mol. The SMILES string of the molecule is C[C@@H](C(=O)N[C@@H](Cc1ccc(C#Cc2ccc(C(=O)O)cc2)cc1)C(=O)N1C[Si](C)(C)C[C@H]1C(=O)N[C@@H]1CCCc2ccccc21)N(C)C(=O)OC(C)(C)C. The minimum absolute atomic E-state index is 0.134. The van der Waals surface area contributed by atoms with Crippen LogP contribution in [0.5, 0.6) is 0 Å². The number of nitrogens with zero attached hydrogens (tertiary/aromatic N) is 2. The van der Waals surface area contributed by atoms with Crippen molar-refractivity contribution in [2.45, 2.75) is 102 Å². The first-order chi connectivity index (χ1) is 25.9. The van der Waals surface area contributed by atoms with Gasteiger partial charge >= 0.3 is 12.1 Å². The largest absolute Gasteiger partial charge is 0.478 e. The second-order valence-electron chi connectivity index (χ2n) is 16.4. The summed E-state index contributed by atoms with van der Waals surface area (Å²) >= 11 is 0. The number of benzene rings is 3. The molecule has 1 heterocycles. The van der Waals surface area contributed by atoms with Crippen LogP contribution in [0, 0.1) is 11.8 Å². The Labute approximate surface area is 324 Å². The Balaban J connectivity index is 1.38. The van der Waals surface area contributed by atoms with Crippen LogP contribution in [0.3, 0.4) is 0 Å². The molecular weight excluding hydrogens is 713 g/mol. The van der Waals surface area contributed by atoms with Gasteiger partial charge in [0.2, 0.25) is 17.7 Å². The summed E-state index contributed by atoms with van der Waals surface area (Å²) in [5.74, 6) is 4.04. The number of carboxylic acid groups (broad SMARTS) is 1. The first-order valence-electron chi connectivity index (χ1n) is 18.8. The van der Waals surface area contributed by atoms with E-state index in [-0.39, 0.29) is 29.8 Å². The lowest BCUT2D eigenvalue weighted by atomic mass is 9.87. The van der Waals surface area contributed by atoms with Crippen molar-refractivity contribution in [2.24, 2.45) is 0 Å². The van der Waals surface area contributed by atoms with Gasteiger partial charge in [0.15, 0.2) is 0 Å². The van der Waals surface area contributed by atoms with E-state index < -0.39 is 49.8 Å². The summed E-state index contributed by atoms with van der Waals surface area (Å²) in [5, 5.41) is 15.4. The van der Waals surface area contributed by atoms with Crippen molar-refractivity contribution in [3.63, 3.8) is 0 Å². The van der Waals surface area contributed by atoms with E-state index >= 15 is 0 Å². The number of carboxylic acids is 1. The van der Waals surface area contributed by atoms with Crippen molar-refractivity contribution in [3.8, 4) is 11.8 Å². The number of likely N-dealkylation sites (N-methyl/N-ethyl adjacent to an activating group) is 1. The van der Waals surface area contributed by atoms with Crippen LogP contribution in [0.2, 0.25) is 19.1 Å². The third-order valence-electron chi connectivity index (χ3n) is 10.1. The molecule has 12 heteroatoms. The molecule has 4 amide bonds. The Bertz CT molecular complexity index is 1980. The Hall–Kier alpha value is -5.41. The minimum atomic E-state index is -2.02. The van der Waals surface area contributed by atoms with Gasteiger partial charge in [-0.1, -0.05) is 61.3 Å². The van der Waals surface area contributed by atoms with Gasteiger partial charge < -0.3 is 25.4 Å². The molecule has 290 valence electrons. The number of carbonyl (C=O) groups excluding carboxylic acids is 4. The van der Waals surface area contributed by atoms with Crippen molar-refractivity contribution in [1.82, 2.24) is 20.4 Å². The highest BCUT2D eigenvalue weighted by atomic mass is 28.3. The number of hydrogen-bond donors (Lipinski definition) is 3. The Morgan fingerprint density at radius 2 is 1.58 bits per heavy atom. The van der Waals surface area contributed by atoms with Crippen molar-refractivity contribution < 1.29 is 33.8 Å². The lowest BCUT2D eigenvalue weighted by molar-refractivity contribution is -0.141. The maximum absolute atomic E-state index is 14.7. The summed E-state index contributed by atoms with van der Waals surface area (Å²) in [7, 11) is -0.540. The van der Waals surface area contributed by atoms with Crippen LogP contribution in [-0.4, -0.2) is 89.7 Å². The van der Waals surface area contributed by atoms with E-state index in [4.69, 9.17) is 9.84 Å². The molecule has 3 aromatic rings. The number of rotatable bonds is 9. The second-order valence-corrected chi connectivity index (χ2v) is 21.4. The van der Waals surface area contributed by atoms with Crippen LogP contribution in [0.1, 0.15) is 84.8 Å². The minimum Gasteiger partial charge on any atom is -0.478 e. The summed E-state index contributed by atoms with van der Waals surface area (Å²) in [5.41, 5.74) is 3.90. The van der Waals surface area contributed by atoms with Gasteiger partial charge in [-0.2, -0.15) is 0 Å². The second kappa shape index (κ2) is 16.9. The molecule has 5 rings (SSSR count). The van der Waals surface area contributed by atoms with Crippen molar-refractivity contribution in [1.29, 1.82) is 0 Å². The highest BCUT2D eigenvalue weighted by molar-refractivity contribution is 6.79. The number of aromatic carboxylic acids is 1. The van der Waals surface area contributed by atoms with E-state index in [1.165, 1.54) is 29.6 Å². The summed E-state index contributed by atoms with van der Waals surface area (Å²) in [6.07, 6.45) is 2.69. The molecule has 0 saturated carbocycles. The van der Waals surface area contributed by atoms with E-state index in [1.807, 2.05) is 36.4 Å². The van der Waals surface area contributed by atoms with Gasteiger partial charge in [-0.15, -0.1) is 0 Å². The van der Waals surface area contributed by atoms with E-state index in [2.05, 4.69) is 47.7 Å². The molecule has 3 aromatic carbocycles. The lowest BCUT2D eigenvalue weighted by Gasteiger charge is -2.33. The van der Waals surface area contributed by atoms with Crippen LogP contribution in [0.25, 0.3) is 0 Å². The molecule has 0 spiro atoms. The maximum Gasteiger partial charge on any atom is 0.410 e. The van der Waals surface area contributed by atoms with Crippen LogP contribution < -0.4 is 10.6 Å². The highest BCUT2D eigenvalue weighted by Gasteiger charge is 2.47. The summed E-state index contributed by atoms with van der Waals surface area (Å²) in [6, 6.07) is 19.6. The number of ether oxygens (including phenoxy) is 1. The lowest BCUT2D eigenvalue weighted by Crippen LogP contribution is -2.57. The summed E-state index contributed by atoms with van der Waals surface area (Å²) in [4.78, 5) is 69.4. The van der Waals surface area contributed by atoms with Crippen LogP contribution >= 0.6 is 0 Å². The number of hydrogen-bond acceptors (Lipinski definition) is 6. The molecule has 0 bridgehead atoms. The van der Waals surface area contributed by atoms with Gasteiger partial charge in [0, 0.05) is 30.8 Å². The van der Waals surface area contributed by atoms with Crippen LogP contribution in [0.15, 0.2) is 72.8 Å². The Morgan fingerprint density at radius 3 is 2.20 bits per heavy atom. The standard InChI is InChI=1S/C43H52N4O7Si/c1-28(46(5)42(53)54-43(2,3)4)38(48)45-36(25-31-19-17-29(18-20-31)15-16-30-21-23-33(24-22-30)41(51)52)40(50)47-27-55(6,7)26-37(47)39(49)44-35-14-10-12-32-11-8-9-13-34(32)35/h8-9,11,13,17-24,28,35-37H,10,12,14,25-27H2,1-7H3,(H,44,49)(H,45,48)(H,51,52)/t28-,35+,36-,37-/m0/s1. The Morgan fingerprint density at radius 1 is 0.964 bits per heavy atom. The van der Waals surface area contributed by atoms with Gasteiger partial charge in [0.1, 0.15) is 23.7 Å². The summed E-state index contributed by atoms with van der Waals surface area (Å²) in [6.45, 7) is 11.1. The van der Waals surface area contributed by atoms with Gasteiger partial charge in [-0.3, -0.25) is 19.3 Å². The normalized spacial score (nSPS) is 18.4. The van der Waals surface area contributed by atoms with E-state index in [1.54, 1.807) is 44.7 Å². The predicted octanol–water partition coefficient (Wildman–Crippen LogP) is 5.72. The number of aryl methyl sites for hydroxylation is 1. The molecule has 11 nitrogen and oxygen atoms in total. The zero-order valence-electron chi connectivity index (χ0n) is 32.8. The molecule has 1 saturated heterocycles. The van der Waals surface area contributed by atoms with E-state index in [9.17, 15) is 24.0 Å². The third-order valence-corrected chi connectivity index (χ3v) is 12.8. The average Bonchev–Trinajstić information content (AvgIpc) is 3.48. The molecule has 1 fully saturated rings. The fourth-order valence-electron chi connectivity index (χ4n) is 7.07. The first-order valence-corrected chi connectivity index (χ1v) is 22.2. The number of amides is 4. The molecule has 4 atom stereocenters. The number of fused-ring (bicyclic) bond motifs is 1. The number of nitrogens with one attached hydrogen (secondary N) is 2. The molecule has 1 aliphatic carbocycles. The zero-order valence-corrected chi connectivity index (χ0v) is 33.8. The van der Waals surface area contributed by atoms with Gasteiger partial charge in [-0.25, -0.2) is 9.59 Å². The average molecular weight is 765 g/mol. The van der Waals surface area contributed by atoms with Gasteiger partial charge in [-0.05, 0) is 106 Å². The van der Waals surface area contributed by atoms with Crippen molar-refractivity contribution in [3.05, 3.63) is 106 Å². The molecule has 2 aliphatic rings. The van der Waals surface area contributed by atoms with E-state index in [0.29, 0.717) is 23.3 Å². The Kier molecular flexibility index (Phi) is 12.6. The van der Waals surface area contributed by atoms with Crippen LogP contribution in [0.4, 0.5) is 4.79 Å². The monoisotopic (exact) mass is 764 g/mol.